The molecule has 0 aliphatic carbocycles. The molecule has 0 aliphatic heterocycles. The minimum Gasteiger partial charge on any atom is -0.357 e. The van der Waals surface area contributed by atoms with Crippen molar-refractivity contribution in [2.24, 2.45) is 0 Å². The fourth-order valence-electron chi connectivity index (χ4n) is 2.30. The van der Waals surface area contributed by atoms with E-state index in [0.717, 1.165) is 11.1 Å². The van der Waals surface area contributed by atoms with Crippen LogP contribution in [0.1, 0.15) is 25.0 Å². The van der Waals surface area contributed by atoms with Crippen molar-refractivity contribution in [3.8, 4) is 11.8 Å². The van der Waals surface area contributed by atoms with E-state index in [9.17, 15) is 0 Å². The molecule has 128 valence electrons. The van der Waals surface area contributed by atoms with E-state index in [4.69, 9.17) is 4.74 Å². The van der Waals surface area contributed by atoms with Gasteiger partial charge in [0.1, 0.15) is 0 Å². The van der Waals surface area contributed by atoms with E-state index in [2.05, 4.69) is 54.9 Å². The van der Waals surface area contributed by atoms with Gasteiger partial charge in [-0.05, 0) is 27.9 Å². The molecule has 0 atom stereocenters. The number of halogens is 1. The highest BCUT2D eigenvalue weighted by atomic mass is 35.5. The van der Waals surface area contributed by atoms with Crippen molar-refractivity contribution in [3.05, 3.63) is 71.8 Å². The molecule has 0 spiro atoms. The van der Waals surface area contributed by atoms with Gasteiger partial charge in [0.25, 0.3) is 0 Å². The molecule has 0 bridgehead atoms. The van der Waals surface area contributed by atoms with Gasteiger partial charge >= 0.3 is 0 Å². The normalized spacial score (nSPS) is 11.4. The van der Waals surface area contributed by atoms with Gasteiger partial charge in [0.2, 0.25) is 0 Å². The second kappa shape index (κ2) is 8.35. The van der Waals surface area contributed by atoms with Crippen LogP contribution in [0.4, 0.5) is 0 Å². The van der Waals surface area contributed by atoms with Crippen LogP contribution in [0.2, 0.25) is 0 Å². The topological polar surface area (TPSA) is 12.5 Å². The Labute approximate surface area is 152 Å². The molecule has 0 N–H and O–H groups in total. The highest BCUT2D eigenvalue weighted by Gasteiger charge is 2.33. The summed E-state index contributed by atoms with van der Waals surface area (Å²) in [6.07, 6.45) is 0. The number of methoxy groups -OCH3 is 1. The van der Waals surface area contributed by atoms with Crippen LogP contribution < -0.4 is 0 Å². The minimum absolute atomic E-state index is 0. The van der Waals surface area contributed by atoms with Gasteiger partial charge in [0, 0.05) is 18.2 Å². The SMILES string of the molecule is COC(C#CC(C)(C)N(C)C)(c1ccccc1)c1ccccc1.Cl. The smallest absolute Gasteiger partial charge is 0.179 e. The highest BCUT2D eigenvalue weighted by Crippen LogP contribution is 2.32. The molecule has 24 heavy (non-hydrogen) atoms. The van der Waals surface area contributed by atoms with Crippen LogP contribution in [-0.4, -0.2) is 31.6 Å². The predicted octanol–water partition coefficient (Wildman–Crippen LogP) is 4.34. The highest BCUT2D eigenvalue weighted by molar-refractivity contribution is 5.85. The Balaban J connectivity index is 0.00000288. The molecule has 0 unspecified atom stereocenters. The fourth-order valence-corrected chi connectivity index (χ4v) is 2.30. The largest absolute Gasteiger partial charge is 0.357 e. The maximum absolute atomic E-state index is 5.99. The van der Waals surface area contributed by atoms with E-state index < -0.39 is 5.60 Å². The van der Waals surface area contributed by atoms with E-state index in [-0.39, 0.29) is 17.9 Å². The summed E-state index contributed by atoms with van der Waals surface area (Å²) in [6.45, 7) is 4.22. The summed E-state index contributed by atoms with van der Waals surface area (Å²) in [7, 11) is 5.79. The third kappa shape index (κ3) is 4.19. The molecule has 0 aromatic heterocycles. The van der Waals surface area contributed by atoms with Gasteiger partial charge in [-0.25, -0.2) is 0 Å². The van der Waals surface area contributed by atoms with Crippen LogP contribution >= 0.6 is 12.4 Å². The van der Waals surface area contributed by atoms with Gasteiger partial charge in [-0.1, -0.05) is 72.5 Å². The van der Waals surface area contributed by atoms with Gasteiger partial charge in [0.15, 0.2) is 5.60 Å². The van der Waals surface area contributed by atoms with Crippen LogP contribution in [0.15, 0.2) is 60.7 Å². The summed E-state index contributed by atoms with van der Waals surface area (Å²) in [4.78, 5) is 2.11. The molecule has 2 aromatic carbocycles. The zero-order valence-electron chi connectivity index (χ0n) is 15.0. The molecule has 3 heteroatoms. The monoisotopic (exact) mass is 343 g/mol. The first-order chi connectivity index (χ1) is 10.9. The fraction of sp³-hybridized carbons (Fsp3) is 0.333. The maximum Gasteiger partial charge on any atom is 0.179 e. The van der Waals surface area contributed by atoms with E-state index in [1.807, 2.05) is 50.5 Å². The molecule has 0 saturated carbocycles. The third-order valence-corrected chi connectivity index (χ3v) is 4.33. The van der Waals surface area contributed by atoms with Crippen molar-refractivity contribution in [2.75, 3.05) is 21.2 Å². The Morgan fingerprint density at radius 2 is 1.21 bits per heavy atom. The lowest BCUT2D eigenvalue weighted by Crippen LogP contribution is -2.37. The van der Waals surface area contributed by atoms with Crippen molar-refractivity contribution in [3.63, 3.8) is 0 Å². The predicted molar refractivity (Wildman–Crippen MR) is 103 cm³/mol. The molecule has 2 aromatic rings. The van der Waals surface area contributed by atoms with Crippen LogP contribution in [0.5, 0.6) is 0 Å². The summed E-state index contributed by atoms with van der Waals surface area (Å²) in [6, 6.07) is 20.3. The van der Waals surface area contributed by atoms with Gasteiger partial charge in [-0.15, -0.1) is 12.4 Å². The average Bonchev–Trinajstić information content (AvgIpc) is 2.57. The minimum atomic E-state index is -0.768. The Bertz CT molecular complexity index is 645. The second-order valence-corrected chi connectivity index (χ2v) is 6.32. The quantitative estimate of drug-likeness (QED) is 0.765. The van der Waals surface area contributed by atoms with Crippen molar-refractivity contribution < 1.29 is 4.74 Å². The number of hydrogen-bond donors (Lipinski definition) is 0. The standard InChI is InChI=1S/C21H25NO.ClH/c1-20(2,22(3)4)16-17-21(23-5,18-12-8-6-9-13-18)19-14-10-7-11-15-19;/h6-15H,1-5H3;1H. The number of rotatable bonds is 4. The zero-order valence-corrected chi connectivity index (χ0v) is 15.9. The average molecular weight is 344 g/mol. The van der Waals surface area contributed by atoms with E-state index in [1.54, 1.807) is 7.11 Å². The zero-order chi connectivity index (χ0) is 16.9. The first kappa shape index (κ1) is 20.3. The van der Waals surface area contributed by atoms with Crippen LogP contribution in [0.3, 0.4) is 0 Å². The first-order valence-corrected chi connectivity index (χ1v) is 7.80. The van der Waals surface area contributed by atoms with Gasteiger partial charge in [0.05, 0.1) is 5.54 Å². The molecular formula is C21H26ClNO. The Hall–Kier alpha value is -1.79. The molecular weight excluding hydrogens is 318 g/mol. The summed E-state index contributed by atoms with van der Waals surface area (Å²) < 4.78 is 5.99. The molecule has 2 nitrogen and oxygen atoms in total. The van der Waals surface area contributed by atoms with E-state index in [1.165, 1.54) is 0 Å². The lowest BCUT2D eigenvalue weighted by atomic mass is 9.85. The molecule has 0 amide bonds. The summed E-state index contributed by atoms with van der Waals surface area (Å²) in [5.74, 6) is 6.82. The number of hydrogen-bond acceptors (Lipinski definition) is 2. The Morgan fingerprint density at radius 3 is 1.54 bits per heavy atom. The van der Waals surface area contributed by atoms with Crippen molar-refractivity contribution in [1.82, 2.24) is 4.90 Å². The summed E-state index contributed by atoms with van der Waals surface area (Å²) in [5.41, 5.74) is 1.06. The van der Waals surface area contributed by atoms with Crippen molar-refractivity contribution in [2.45, 2.75) is 25.0 Å². The van der Waals surface area contributed by atoms with Crippen molar-refractivity contribution in [1.29, 1.82) is 0 Å². The first-order valence-electron chi connectivity index (χ1n) is 7.80. The maximum atomic E-state index is 5.99. The second-order valence-electron chi connectivity index (χ2n) is 6.32. The van der Waals surface area contributed by atoms with Gasteiger partial charge in [-0.3, -0.25) is 4.90 Å². The summed E-state index contributed by atoms with van der Waals surface area (Å²) in [5, 5.41) is 0. The van der Waals surface area contributed by atoms with Crippen molar-refractivity contribution >= 4 is 12.4 Å². The third-order valence-electron chi connectivity index (χ3n) is 4.33. The Kier molecular flexibility index (Phi) is 7.05. The van der Waals surface area contributed by atoms with Crippen LogP contribution in [0, 0.1) is 11.8 Å². The lowest BCUT2D eigenvalue weighted by Gasteiger charge is -2.31. The Morgan fingerprint density at radius 1 is 0.792 bits per heavy atom. The molecule has 0 radical (unpaired) electrons. The molecule has 0 saturated heterocycles. The van der Waals surface area contributed by atoms with Crippen LogP contribution in [-0.2, 0) is 10.3 Å². The molecule has 2 rings (SSSR count). The van der Waals surface area contributed by atoms with E-state index in [0.29, 0.717) is 0 Å². The number of nitrogens with zero attached hydrogens (tertiary/aromatic N) is 1. The van der Waals surface area contributed by atoms with E-state index >= 15 is 0 Å². The van der Waals surface area contributed by atoms with Gasteiger partial charge in [-0.2, -0.15) is 0 Å². The molecule has 0 heterocycles. The number of ether oxygens (including phenoxy) is 1. The van der Waals surface area contributed by atoms with Crippen LogP contribution in [0.25, 0.3) is 0 Å². The molecule has 0 fully saturated rings. The summed E-state index contributed by atoms with van der Waals surface area (Å²) >= 11 is 0. The van der Waals surface area contributed by atoms with Gasteiger partial charge < -0.3 is 4.74 Å². The lowest BCUT2D eigenvalue weighted by molar-refractivity contribution is 0.0737. The molecule has 0 aliphatic rings. The number of benzene rings is 2.